The van der Waals surface area contributed by atoms with Gasteiger partial charge in [0.25, 0.3) is 11.8 Å². The highest BCUT2D eigenvalue weighted by Gasteiger charge is 2.20. The number of methoxy groups -OCH3 is 3. The second-order valence-electron chi connectivity index (χ2n) is 7.16. The molecule has 0 aliphatic heterocycles. The first-order valence-electron chi connectivity index (χ1n) is 10.5. The van der Waals surface area contributed by atoms with Gasteiger partial charge in [-0.05, 0) is 36.4 Å². The standard InChI is InChI=1S/C23H25N5O7/c1-33-19-9-8-16(20(34-2)21(19)35-3)22(31)24-10-11-28-13-17(26-27-28)23(32)25-12-18(30)14-4-6-15(29)7-5-14/h4-9,13,29H,10-12H2,1-3H3,(H,24,31)(H,25,32). The Morgan fingerprint density at radius 2 is 1.63 bits per heavy atom. The second-order valence-corrected chi connectivity index (χ2v) is 7.16. The predicted octanol–water partition coefficient (Wildman–Crippen LogP) is 1.05. The summed E-state index contributed by atoms with van der Waals surface area (Å²) in [6.07, 6.45) is 1.41. The van der Waals surface area contributed by atoms with Crippen molar-refractivity contribution in [3.8, 4) is 23.0 Å². The summed E-state index contributed by atoms with van der Waals surface area (Å²) in [6.45, 7) is 0.202. The van der Waals surface area contributed by atoms with Crippen molar-refractivity contribution in [1.82, 2.24) is 25.6 Å². The smallest absolute Gasteiger partial charge is 0.273 e. The minimum Gasteiger partial charge on any atom is -0.508 e. The molecule has 3 aromatic rings. The van der Waals surface area contributed by atoms with Gasteiger partial charge in [0.2, 0.25) is 5.75 Å². The number of nitrogens with one attached hydrogen (secondary N) is 2. The number of benzene rings is 2. The fourth-order valence-corrected chi connectivity index (χ4v) is 3.17. The molecule has 3 rings (SSSR count). The van der Waals surface area contributed by atoms with E-state index >= 15 is 0 Å². The van der Waals surface area contributed by atoms with E-state index in [9.17, 15) is 19.5 Å². The molecule has 1 heterocycles. The van der Waals surface area contributed by atoms with Crippen LogP contribution in [0.5, 0.6) is 23.0 Å². The van der Waals surface area contributed by atoms with Crippen molar-refractivity contribution in [2.24, 2.45) is 0 Å². The van der Waals surface area contributed by atoms with Crippen molar-refractivity contribution in [3.05, 3.63) is 59.4 Å². The van der Waals surface area contributed by atoms with Gasteiger partial charge in [-0.3, -0.25) is 14.4 Å². The normalized spacial score (nSPS) is 10.4. The van der Waals surface area contributed by atoms with Crippen LogP contribution in [0, 0.1) is 0 Å². The van der Waals surface area contributed by atoms with E-state index in [1.807, 2.05) is 0 Å². The summed E-state index contributed by atoms with van der Waals surface area (Å²) in [4.78, 5) is 37.1. The van der Waals surface area contributed by atoms with Crippen molar-refractivity contribution in [1.29, 1.82) is 0 Å². The molecule has 12 nitrogen and oxygen atoms in total. The first-order valence-corrected chi connectivity index (χ1v) is 10.5. The number of amides is 2. The van der Waals surface area contributed by atoms with Crippen LogP contribution >= 0.6 is 0 Å². The number of aromatic nitrogens is 3. The summed E-state index contributed by atoms with van der Waals surface area (Å²) < 4.78 is 17.2. The van der Waals surface area contributed by atoms with Gasteiger partial charge in [-0.15, -0.1) is 5.10 Å². The van der Waals surface area contributed by atoms with Crippen LogP contribution in [0.2, 0.25) is 0 Å². The minimum atomic E-state index is -0.567. The number of ether oxygens (including phenoxy) is 3. The lowest BCUT2D eigenvalue weighted by atomic mass is 10.1. The monoisotopic (exact) mass is 483 g/mol. The molecule has 0 aliphatic carbocycles. The van der Waals surface area contributed by atoms with E-state index in [-0.39, 0.29) is 48.2 Å². The lowest BCUT2D eigenvalue weighted by molar-refractivity contribution is 0.0900. The van der Waals surface area contributed by atoms with Gasteiger partial charge in [0.15, 0.2) is 23.0 Å². The average Bonchev–Trinajstić information content (AvgIpc) is 3.35. The fourth-order valence-electron chi connectivity index (χ4n) is 3.17. The molecular weight excluding hydrogens is 458 g/mol. The first kappa shape index (κ1) is 25.0. The lowest BCUT2D eigenvalue weighted by Crippen LogP contribution is -2.30. The number of rotatable bonds is 11. The highest BCUT2D eigenvalue weighted by molar-refractivity contribution is 6.01. The summed E-state index contributed by atoms with van der Waals surface area (Å²) in [5.74, 6) is -0.264. The van der Waals surface area contributed by atoms with Crippen LogP contribution in [0.25, 0.3) is 0 Å². The van der Waals surface area contributed by atoms with Crippen molar-refractivity contribution in [2.45, 2.75) is 6.54 Å². The zero-order valence-corrected chi connectivity index (χ0v) is 19.4. The first-order chi connectivity index (χ1) is 16.9. The molecular formula is C23H25N5O7. The molecule has 0 saturated carbocycles. The third-order valence-corrected chi connectivity index (χ3v) is 4.95. The maximum atomic E-state index is 12.6. The van der Waals surface area contributed by atoms with Gasteiger partial charge in [0.1, 0.15) is 5.75 Å². The Bertz CT molecular complexity index is 1210. The number of ketones is 1. The summed E-state index contributed by atoms with van der Waals surface area (Å²) in [7, 11) is 4.36. The van der Waals surface area contributed by atoms with E-state index in [0.29, 0.717) is 17.1 Å². The zero-order chi connectivity index (χ0) is 25.4. The Labute approximate surface area is 200 Å². The number of carbonyl (C=O) groups excluding carboxylic acids is 3. The molecule has 184 valence electrons. The molecule has 2 amide bonds. The van der Waals surface area contributed by atoms with Crippen molar-refractivity contribution in [2.75, 3.05) is 34.4 Å². The number of nitrogens with zero attached hydrogens (tertiary/aromatic N) is 3. The number of aromatic hydroxyl groups is 1. The topological polar surface area (TPSA) is 154 Å². The summed E-state index contributed by atoms with van der Waals surface area (Å²) in [5.41, 5.74) is 0.645. The Morgan fingerprint density at radius 1 is 0.914 bits per heavy atom. The Morgan fingerprint density at radius 3 is 2.29 bits per heavy atom. The van der Waals surface area contributed by atoms with Gasteiger partial charge in [0.05, 0.1) is 46.2 Å². The van der Waals surface area contributed by atoms with Gasteiger partial charge in [-0.1, -0.05) is 5.21 Å². The molecule has 0 fully saturated rings. The quantitative estimate of drug-likeness (QED) is 0.340. The van der Waals surface area contributed by atoms with Gasteiger partial charge >= 0.3 is 0 Å². The van der Waals surface area contributed by atoms with E-state index in [1.54, 1.807) is 12.1 Å². The molecule has 1 aromatic heterocycles. The predicted molar refractivity (Wildman–Crippen MR) is 123 cm³/mol. The van der Waals surface area contributed by atoms with Crippen LogP contribution in [0.4, 0.5) is 0 Å². The van der Waals surface area contributed by atoms with Gasteiger partial charge < -0.3 is 30.0 Å². The van der Waals surface area contributed by atoms with E-state index in [0.717, 1.165) is 0 Å². The van der Waals surface area contributed by atoms with Crippen LogP contribution in [-0.4, -0.2) is 72.1 Å². The van der Waals surface area contributed by atoms with Gasteiger partial charge in [-0.25, -0.2) is 4.68 Å². The Balaban J connectivity index is 1.52. The van der Waals surface area contributed by atoms with E-state index < -0.39 is 11.8 Å². The molecule has 0 unspecified atom stereocenters. The molecule has 35 heavy (non-hydrogen) atoms. The molecule has 3 N–H and O–H groups in total. The number of phenols is 1. The molecule has 0 spiro atoms. The lowest BCUT2D eigenvalue weighted by Gasteiger charge is -2.15. The fraction of sp³-hybridized carbons (Fsp3) is 0.261. The van der Waals surface area contributed by atoms with Crippen LogP contribution < -0.4 is 24.8 Å². The molecule has 0 atom stereocenters. The van der Waals surface area contributed by atoms with E-state index in [1.165, 1.54) is 56.5 Å². The summed E-state index contributed by atoms with van der Waals surface area (Å²) in [5, 5.41) is 22.2. The molecule has 12 heteroatoms. The van der Waals surface area contributed by atoms with Crippen LogP contribution in [0.15, 0.2) is 42.6 Å². The number of hydrogen-bond donors (Lipinski definition) is 3. The van der Waals surface area contributed by atoms with E-state index in [4.69, 9.17) is 14.2 Å². The SMILES string of the molecule is COc1ccc(C(=O)NCCn2cc(C(=O)NCC(=O)c3ccc(O)cc3)nn2)c(OC)c1OC. The molecule has 0 aliphatic rings. The number of Topliss-reactive ketones (excluding diaryl/α,β-unsaturated/α-hetero) is 1. The minimum absolute atomic E-state index is 0.0244. The van der Waals surface area contributed by atoms with Crippen LogP contribution in [0.1, 0.15) is 31.2 Å². The number of hydrogen-bond acceptors (Lipinski definition) is 9. The molecule has 0 bridgehead atoms. The van der Waals surface area contributed by atoms with Crippen LogP contribution in [0.3, 0.4) is 0 Å². The third-order valence-electron chi connectivity index (χ3n) is 4.95. The summed E-state index contributed by atoms with van der Waals surface area (Å²) >= 11 is 0. The highest BCUT2D eigenvalue weighted by atomic mass is 16.5. The van der Waals surface area contributed by atoms with Gasteiger partial charge in [0, 0.05) is 12.1 Å². The maximum Gasteiger partial charge on any atom is 0.273 e. The number of phenolic OH excluding ortho intramolecular Hbond substituents is 1. The molecule has 0 saturated heterocycles. The average molecular weight is 483 g/mol. The van der Waals surface area contributed by atoms with Crippen molar-refractivity contribution in [3.63, 3.8) is 0 Å². The largest absolute Gasteiger partial charge is 0.508 e. The maximum absolute atomic E-state index is 12.6. The van der Waals surface area contributed by atoms with Crippen molar-refractivity contribution >= 4 is 17.6 Å². The number of carbonyl (C=O) groups is 3. The second kappa shape index (κ2) is 11.5. The molecule has 0 radical (unpaired) electrons. The molecule has 2 aromatic carbocycles. The third kappa shape index (κ3) is 6.05. The Kier molecular flexibility index (Phi) is 8.22. The van der Waals surface area contributed by atoms with E-state index in [2.05, 4.69) is 20.9 Å². The van der Waals surface area contributed by atoms with Gasteiger partial charge in [-0.2, -0.15) is 0 Å². The summed E-state index contributed by atoms with van der Waals surface area (Å²) in [6, 6.07) is 8.87. The highest BCUT2D eigenvalue weighted by Crippen LogP contribution is 2.39. The zero-order valence-electron chi connectivity index (χ0n) is 19.4. The van der Waals surface area contributed by atoms with Crippen LogP contribution in [-0.2, 0) is 6.54 Å². The van der Waals surface area contributed by atoms with Crippen molar-refractivity contribution < 1.29 is 33.7 Å². The Hall–Kier alpha value is -4.61.